The van der Waals surface area contributed by atoms with Gasteiger partial charge in [0.2, 0.25) is 10.0 Å². The largest absolute Gasteiger partial charge is 0.495 e. The molecule has 0 aromatic heterocycles. The van der Waals surface area contributed by atoms with E-state index in [-0.39, 0.29) is 28.7 Å². The van der Waals surface area contributed by atoms with Crippen LogP contribution >= 0.6 is 0 Å². The molecule has 9 heteroatoms. The highest BCUT2D eigenvalue weighted by Gasteiger charge is 2.25. The summed E-state index contributed by atoms with van der Waals surface area (Å²) in [6.45, 7) is 3.77. The Kier molecular flexibility index (Phi) is 7.58. The van der Waals surface area contributed by atoms with E-state index in [2.05, 4.69) is 5.32 Å². The second-order valence-corrected chi connectivity index (χ2v) is 8.65. The molecule has 8 nitrogen and oxygen atoms in total. The molecular weight excluding hydrogens is 360 g/mol. The van der Waals surface area contributed by atoms with E-state index in [0.29, 0.717) is 6.42 Å². The second kappa shape index (κ2) is 9.00. The standard InChI is InChI=1S/C17H26N2O6S/c1-11(2)8-13(17(21)22)10-18-16(20)12-6-7-14(25-5)15(9-12)26(23,24)19(3)4/h6-7,9,11,13H,8,10H2,1-5H3,(H,18,20)(H,21,22). The predicted molar refractivity (Wildman–Crippen MR) is 96.8 cm³/mol. The summed E-state index contributed by atoms with van der Waals surface area (Å²) in [4.78, 5) is 23.5. The molecule has 2 N–H and O–H groups in total. The van der Waals surface area contributed by atoms with Gasteiger partial charge < -0.3 is 15.2 Å². The molecule has 0 aliphatic heterocycles. The molecule has 0 bridgehead atoms. The van der Waals surface area contributed by atoms with Crippen LogP contribution in [0, 0.1) is 11.8 Å². The molecule has 0 saturated carbocycles. The highest BCUT2D eigenvalue weighted by atomic mass is 32.2. The third-order valence-corrected chi connectivity index (χ3v) is 5.63. The zero-order chi connectivity index (χ0) is 20.1. The maximum Gasteiger partial charge on any atom is 0.308 e. The number of methoxy groups -OCH3 is 1. The number of ether oxygens (including phenoxy) is 1. The van der Waals surface area contributed by atoms with E-state index in [4.69, 9.17) is 4.74 Å². The van der Waals surface area contributed by atoms with Gasteiger partial charge >= 0.3 is 5.97 Å². The van der Waals surface area contributed by atoms with E-state index in [1.807, 2.05) is 13.8 Å². The fourth-order valence-corrected chi connectivity index (χ4v) is 3.45. The lowest BCUT2D eigenvalue weighted by Crippen LogP contribution is -2.33. The lowest BCUT2D eigenvalue weighted by atomic mass is 9.97. The third kappa shape index (κ3) is 5.43. The number of nitrogens with one attached hydrogen (secondary N) is 1. The summed E-state index contributed by atoms with van der Waals surface area (Å²) in [5.74, 6) is -1.94. The summed E-state index contributed by atoms with van der Waals surface area (Å²) in [7, 11) is 0.298. The van der Waals surface area contributed by atoms with E-state index in [1.54, 1.807) is 0 Å². The van der Waals surface area contributed by atoms with Gasteiger partial charge in [-0.05, 0) is 30.5 Å². The summed E-state index contributed by atoms with van der Waals surface area (Å²) in [6.07, 6.45) is 0.429. The number of carboxylic acids is 1. The van der Waals surface area contributed by atoms with Crippen molar-refractivity contribution in [1.29, 1.82) is 0 Å². The lowest BCUT2D eigenvalue weighted by Gasteiger charge is -2.17. The van der Waals surface area contributed by atoms with Crippen molar-refractivity contribution in [3.8, 4) is 5.75 Å². The molecule has 0 aliphatic carbocycles. The minimum atomic E-state index is -3.80. The van der Waals surface area contributed by atoms with Crippen molar-refractivity contribution in [2.75, 3.05) is 27.7 Å². The average molecular weight is 386 g/mol. The second-order valence-electron chi connectivity index (χ2n) is 6.53. The monoisotopic (exact) mass is 386 g/mol. The Labute approximate surface area is 154 Å². The number of carboxylic acid groups (broad SMARTS) is 1. The van der Waals surface area contributed by atoms with Crippen molar-refractivity contribution in [2.24, 2.45) is 11.8 Å². The van der Waals surface area contributed by atoms with Crippen LogP contribution in [0.3, 0.4) is 0 Å². The van der Waals surface area contributed by atoms with Crippen LogP contribution in [0.4, 0.5) is 0 Å². The summed E-state index contributed by atoms with van der Waals surface area (Å²) < 4.78 is 30.9. The van der Waals surface area contributed by atoms with Crippen molar-refractivity contribution >= 4 is 21.9 Å². The Bertz CT molecular complexity index is 759. The van der Waals surface area contributed by atoms with Crippen molar-refractivity contribution in [1.82, 2.24) is 9.62 Å². The van der Waals surface area contributed by atoms with Crippen molar-refractivity contribution in [2.45, 2.75) is 25.2 Å². The average Bonchev–Trinajstić information content (AvgIpc) is 2.56. The van der Waals surface area contributed by atoms with E-state index >= 15 is 0 Å². The summed E-state index contributed by atoms with van der Waals surface area (Å²) in [5.41, 5.74) is 0.111. The molecule has 0 aliphatic rings. The molecule has 0 spiro atoms. The van der Waals surface area contributed by atoms with Crippen LogP contribution < -0.4 is 10.1 Å². The topological polar surface area (TPSA) is 113 Å². The Morgan fingerprint density at radius 3 is 2.35 bits per heavy atom. The predicted octanol–water partition coefficient (Wildman–Crippen LogP) is 1.42. The van der Waals surface area contributed by atoms with Crippen LogP contribution in [0.15, 0.2) is 23.1 Å². The van der Waals surface area contributed by atoms with Crippen LogP contribution in [0.5, 0.6) is 5.75 Å². The number of benzene rings is 1. The Hall–Kier alpha value is -2.13. The van der Waals surface area contributed by atoms with Gasteiger partial charge in [0.25, 0.3) is 5.91 Å². The Morgan fingerprint density at radius 1 is 1.27 bits per heavy atom. The van der Waals surface area contributed by atoms with Crippen molar-refractivity contribution in [3.63, 3.8) is 0 Å². The number of sulfonamides is 1. The SMILES string of the molecule is COc1ccc(C(=O)NCC(CC(C)C)C(=O)O)cc1S(=O)(=O)N(C)C. The molecule has 146 valence electrons. The molecule has 0 heterocycles. The van der Waals surface area contributed by atoms with Gasteiger partial charge in [0, 0.05) is 26.2 Å². The van der Waals surface area contributed by atoms with E-state index < -0.39 is 27.8 Å². The third-order valence-electron chi connectivity index (χ3n) is 3.80. The number of carbonyl (C=O) groups is 2. The number of hydrogen-bond acceptors (Lipinski definition) is 5. The molecule has 1 aromatic rings. The van der Waals surface area contributed by atoms with Crippen molar-refractivity contribution in [3.05, 3.63) is 23.8 Å². The van der Waals surface area contributed by atoms with E-state index in [9.17, 15) is 23.1 Å². The van der Waals surface area contributed by atoms with Crippen LogP contribution in [0.2, 0.25) is 0 Å². The molecule has 1 aromatic carbocycles. The van der Waals surface area contributed by atoms with Gasteiger partial charge in [0.1, 0.15) is 10.6 Å². The molecule has 1 atom stereocenters. The highest BCUT2D eigenvalue weighted by Crippen LogP contribution is 2.27. The quantitative estimate of drug-likeness (QED) is 0.664. The van der Waals surface area contributed by atoms with Crippen LogP contribution in [-0.2, 0) is 14.8 Å². The van der Waals surface area contributed by atoms with Crippen LogP contribution in [0.1, 0.15) is 30.6 Å². The zero-order valence-corrected chi connectivity index (χ0v) is 16.5. The molecule has 0 radical (unpaired) electrons. The molecule has 0 saturated heterocycles. The fourth-order valence-electron chi connectivity index (χ4n) is 2.37. The van der Waals surface area contributed by atoms with E-state index in [1.165, 1.54) is 39.4 Å². The molecule has 1 rings (SSSR count). The van der Waals surface area contributed by atoms with Gasteiger partial charge in [-0.25, -0.2) is 12.7 Å². The molecule has 26 heavy (non-hydrogen) atoms. The maximum absolute atomic E-state index is 12.4. The van der Waals surface area contributed by atoms with Crippen molar-refractivity contribution < 1.29 is 27.9 Å². The van der Waals surface area contributed by atoms with E-state index in [0.717, 1.165) is 4.31 Å². The van der Waals surface area contributed by atoms with Crippen LogP contribution in [-0.4, -0.2) is 57.5 Å². The number of hydrogen-bond donors (Lipinski definition) is 2. The van der Waals surface area contributed by atoms with Gasteiger partial charge in [-0.2, -0.15) is 0 Å². The van der Waals surface area contributed by atoms with Gasteiger partial charge in [-0.15, -0.1) is 0 Å². The Balaban J connectivity index is 3.05. The molecule has 0 fully saturated rings. The number of carbonyl (C=O) groups excluding carboxylic acids is 1. The van der Waals surface area contributed by atoms with Gasteiger partial charge in [-0.3, -0.25) is 9.59 Å². The smallest absolute Gasteiger partial charge is 0.308 e. The minimum absolute atomic E-state index is 0.0336. The Morgan fingerprint density at radius 2 is 1.88 bits per heavy atom. The first-order valence-electron chi connectivity index (χ1n) is 8.12. The first-order valence-corrected chi connectivity index (χ1v) is 9.56. The minimum Gasteiger partial charge on any atom is -0.495 e. The first kappa shape index (κ1) is 21.9. The zero-order valence-electron chi connectivity index (χ0n) is 15.6. The summed E-state index contributed by atoms with van der Waals surface area (Å²) in [6, 6.07) is 4.05. The van der Waals surface area contributed by atoms with Gasteiger partial charge in [-0.1, -0.05) is 13.8 Å². The number of nitrogens with zero attached hydrogens (tertiary/aromatic N) is 1. The number of amides is 1. The highest BCUT2D eigenvalue weighted by molar-refractivity contribution is 7.89. The van der Waals surface area contributed by atoms with Gasteiger partial charge in [0.15, 0.2) is 0 Å². The number of rotatable bonds is 9. The normalized spacial score (nSPS) is 12.9. The van der Waals surface area contributed by atoms with Gasteiger partial charge in [0.05, 0.1) is 13.0 Å². The maximum atomic E-state index is 12.4. The lowest BCUT2D eigenvalue weighted by molar-refractivity contribution is -0.142. The molecule has 1 amide bonds. The summed E-state index contributed by atoms with van der Waals surface area (Å²) >= 11 is 0. The first-order chi connectivity index (χ1) is 12.0. The van der Waals surface area contributed by atoms with Crippen LogP contribution in [0.25, 0.3) is 0 Å². The molecule has 1 unspecified atom stereocenters. The number of aliphatic carboxylic acids is 1. The summed E-state index contributed by atoms with van der Waals surface area (Å²) in [5, 5.41) is 11.8. The fraction of sp³-hybridized carbons (Fsp3) is 0.529. The molecular formula is C17H26N2O6S.